The normalized spacial score (nSPS) is 21.4. The summed E-state index contributed by atoms with van der Waals surface area (Å²) in [6, 6.07) is 0.638. The molecule has 2 aromatic rings. The van der Waals surface area contributed by atoms with Crippen molar-refractivity contribution in [2.75, 3.05) is 24.5 Å². The SMILES string of the molecule is Cn1ccnc1CC[C@H]1CCCCN1Cc1cnc(N2CCCC2)nc1. The van der Waals surface area contributed by atoms with Crippen LogP contribution in [0.25, 0.3) is 0 Å². The summed E-state index contributed by atoms with van der Waals surface area (Å²) in [7, 11) is 2.08. The van der Waals surface area contributed by atoms with E-state index in [1.165, 1.54) is 56.5 Å². The van der Waals surface area contributed by atoms with Gasteiger partial charge in [0.05, 0.1) is 0 Å². The van der Waals surface area contributed by atoms with Gasteiger partial charge < -0.3 is 9.47 Å². The summed E-state index contributed by atoms with van der Waals surface area (Å²) in [5.74, 6) is 2.09. The number of likely N-dealkylation sites (tertiary alicyclic amines) is 1. The fourth-order valence-electron chi connectivity index (χ4n) is 4.27. The molecule has 26 heavy (non-hydrogen) atoms. The molecule has 2 aliphatic rings. The van der Waals surface area contributed by atoms with Gasteiger partial charge in [0.15, 0.2) is 0 Å². The van der Waals surface area contributed by atoms with Crippen molar-refractivity contribution >= 4 is 5.95 Å². The van der Waals surface area contributed by atoms with Crippen molar-refractivity contribution in [1.82, 2.24) is 24.4 Å². The van der Waals surface area contributed by atoms with Gasteiger partial charge in [-0.2, -0.15) is 0 Å². The molecular formula is C20H30N6. The quantitative estimate of drug-likeness (QED) is 0.798. The van der Waals surface area contributed by atoms with Gasteiger partial charge in [-0.3, -0.25) is 4.90 Å². The molecule has 0 saturated carbocycles. The van der Waals surface area contributed by atoms with E-state index >= 15 is 0 Å². The first-order chi connectivity index (χ1) is 12.8. The molecule has 2 fully saturated rings. The number of aromatic nitrogens is 4. The molecule has 1 atom stereocenters. The van der Waals surface area contributed by atoms with Crippen LogP contribution in [-0.4, -0.2) is 50.1 Å². The predicted molar refractivity (Wildman–Crippen MR) is 103 cm³/mol. The molecule has 0 amide bonds. The highest BCUT2D eigenvalue weighted by molar-refractivity contribution is 5.31. The van der Waals surface area contributed by atoms with Gasteiger partial charge in [-0.1, -0.05) is 6.42 Å². The zero-order chi connectivity index (χ0) is 17.8. The highest BCUT2D eigenvalue weighted by atomic mass is 15.3. The van der Waals surface area contributed by atoms with Crippen LogP contribution in [0, 0.1) is 0 Å². The minimum atomic E-state index is 0.638. The number of aryl methyl sites for hydroxylation is 2. The van der Waals surface area contributed by atoms with Gasteiger partial charge in [-0.25, -0.2) is 15.0 Å². The van der Waals surface area contributed by atoms with E-state index in [0.717, 1.165) is 32.0 Å². The first-order valence-corrected chi connectivity index (χ1v) is 10.1. The van der Waals surface area contributed by atoms with E-state index in [-0.39, 0.29) is 0 Å². The maximum absolute atomic E-state index is 4.62. The molecule has 0 unspecified atom stereocenters. The summed E-state index contributed by atoms with van der Waals surface area (Å²) < 4.78 is 2.14. The Hall–Kier alpha value is -1.95. The Morgan fingerprint density at radius 3 is 2.50 bits per heavy atom. The van der Waals surface area contributed by atoms with E-state index in [9.17, 15) is 0 Å². The number of imidazole rings is 1. The average Bonchev–Trinajstić information content (AvgIpc) is 3.34. The van der Waals surface area contributed by atoms with Gasteiger partial charge in [-0.05, 0) is 38.6 Å². The molecule has 0 radical (unpaired) electrons. The average molecular weight is 355 g/mol. The zero-order valence-electron chi connectivity index (χ0n) is 15.8. The van der Waals surface area contributed by atoms with Crippen molar-refractivity contribution in [2.24, 2.45) is 7.05 Å². The predicted octanol–water partition coefficient (Wildman–Crippen LogP) is 2.80. The van der Waals surface area contributed by atoms with Crippen LogP contribution in [0.4, 0.5) is 5.95 Å². The Bertz CT molecular complexity index is 689. The number of hydrogen-bond acceptors (Lipinski definition) is 5. The molecular weight excluding hydrogens is 324 g/mol. The summed E-state index contributed by atoms with van der Waals surface area (Å²) in [6.45, 7) is 4.34. The molecule has 4 rings (SSSR count). The molecule has 0 aliphatic carbocycles. The lowest BCUT2D eigenvalue weighted by atomic mass is 9.97. The summed E-state index contributed by atoms with van der Waals surface area (Å²) in [4.78, 5) is 18.6. The van der Waals surface area contributed by atoms with E-state index < -0.39 is 0 Å². The molecule has 6 nitrogen and oxygen atoms in total. The highest BCUT2D eigenvalue weighted by Gasteiger charge is 2.23. The van der Waals surface area contributed by atoms with E-state index in [2.05, 4.69) is 36.4 Å². The molecule has 140 valence electrons. The van der Waals surface area contributed by atoms with E-state index in [1.807, 2.05) is 24.8 Å². The second-order valence-electron chi connectivity index (χ2n) is 7.70. The van der Waals surface area contributed by atoms with Gasteiger partial charge in [0.1, 0.15) is 5.82 Å². The zero-order valence-corrected chi connectivity index (χ0v) is 15.8. The lowest BCUT2D eigenvalue weighted by Gasteiger charge is -2.35. The van der Waals surface area contributed by atoms with Crippen LogP contribution in [0.2, 0.25) is 0 Å². The summed E-state index contributed by atoms with van der Waals surface area (Å²) >= 11 is 0. The van der Waals surface area contributed by atoms with Crippen LogP contribution < -0.4 is 4.90 Å². The monoisotopic (exact) mass is 354 g/mol. The maximum Gasteiger partial charge on any atom is 0.225 e. The summed E-state index contributed by atoms with van der Waals surface area (Å²) in [5.41, 5.74) is 1.23. The maximum atomic E-state index is 4.62. The topological polar surface area (TPSA) is 50.1 Å². The molecule has 6 heteroatoms. The molecule has 0 aromatic carbocycles. The first kappa shape index (κ1) is 17.5. The van der Waals surface area contributed by atoms with Crippen LogP contribution >= 0.6 is 0 Å². The third kappa shape index (κ3) is 4.06. The van der Waals surface area contributed by atoms with Crippen molar-refractivity contribution in [3.05, 3.63) is 36.2 Å². The highest BCUT2D eigenvalue weighted by Crippen LogP contribution is 2.23. The number of nitrogens with zero attached hydrogens (tertiary/aromatic N) is 6. The third-order valence-corrected chi connectivity index (χ3v) is 5.84. The van der Waals surface area contributed by atoms with Gasteiger partial charge in [-0.15, -0.1) is 0 Å². The van der Waals surface area contributed by atoms with Crippen LogP contribution in [0.5, 0.6) is 0 Å². The van der Waals surface area contributed by atoms with Gasteiger partial charge in [0.2, 0.25) is 5.95 Å². The van der Waals surface area contributed by atoms with Gasteiger partial charge >= 0.3 is 0 Å². The van der Waals surface area contributed by atoms with Crippen molar-refractivity contribution in [3.63, 3.8) is 0 Å². The Kier molecular flexibility index (Phi) is 5.48. The Morgan fingerprint density at radius 2 is 1.77 bits per heavy atom. The van der Waals surface area contributed by atoms with Crippen molar-refractivity contribution in [3.8, 4) is 0 Å². The van der Waals surface area contributed by atoms with Gasteiger partial charge in [0, 0.05) is 69.5 Å². The van der Waals surface area contributed by atoms with E-state index in [0.29, 0.717) is 6.04 Å². The fraction of sp³-hybridized carbons (Fsp3) is 0.650. The third-order valence-electron chi connectivity index (χ3n) is 5.84. The van der Waals surface area contributed by atoms with E-state index in [1.54, 1.807) is 0 Å². The van der Waals surface area contributed by atoms with Crippen LogP contribution in [0.15, 0.2) is 24.8 Å². The molecule has 2 aromatic heterocycles. The fourth-order valence-corrected chi connectivity index (χ4v) is 4.27. The van der Waals surface area contributed by atoms with Crippen LogP contribution in [0.3, 0.4) is 0 Å². The molecule has 0 bridgehead atoms. The summed E-state index contributed by atoms with van der Waals surface area (Å²) in [5, 5.41) is 0. The molecule has 2 saturated heterocycles. The Morgan fingerprint density at radius 1 is 1.00 bits per heavy atom. The first-order valence-electron chi connectivity index (χ1n) is 10.1. The lowest BCUT2D eigenvalue weighted by molar-refractivity contribution is 0.131. The Balaban J connectivity index is 1.36. The smallest absolute Gasteiger partial charge is 0.225 e. The second-order valence-corrected chi connectivity index (χ2v) is 7.70. The van der Waals surface area contributed by atoms with Crippen LogP contribution in [-0.2, 0) is 20.0 Å². The van der Waals surface area contributed by atoms with Crippen molar-refractivity contribution < 1.29 is 0 Å². The molecule has 2 aliphatic heterocycles. The summed E-state index contributed by atoms with van der Waals surface area (Å²) in [6.07, 6.45) is 16.7. The lowest BCUT2D eigenvalue weighted by Crippen LogP contribution is -2.39. The number of hydrogen-bond donors (Lipinski definition) is 0. The largest absolute Gasteiger partial charge is 0.341 e. The minimum absolute atomic E-state index is 0.638. The van der Waals surface area contributed by atoms with Crippen molar-refractivity contribution in [1.29, 1.82) is 0 Å². The molecule has 4 heterocycles. The molecule has 0 spiro atoms. The minimum Gasteiger partial charge on any atom is -0.341 e. The number of piperidine rings is 1. The van der Waals surface area contributed by atoms with Crippen molar-refractivity contribution in [2.45, 2.75) is 57.5 Å². The van der Waals surface area contributed by atoms with Gasteiger partial charge in [0.25, 0.3) is 0 Å². The second kappa shape index (κ2) is 8.16. The number of rotatable bonds is 6. The molecule has 0 N–H and O–H groups in total. The van der Waals surface area contributed by atoms with Crippen LogP contribution in [0.1, 0.15) is 49.9 Å². The number of anilines is 1. The Labute approximate surface area is 156 Å². The standard InChI is InChI=1S/C20H30N6/c1-24-13-9-21-19(24)8-7-18-6-2-3-12-26(18)16-17-14-22-20(23-15-17)25-10-4-5-11-25/h9,13-15,18H,2-8,10-12,16H2,1H3/t18-/m1/s1. The van der Waals surface area contributed by atoms with E-state index in [4.69, 9.17) is 0 Å².